The first-order chi connectivity index (χ1) is 17.7. The number of rotatable bonds is 9. The molecule has 0 aliphatic rings. The Morgan fingerprint density at radius 3 is 2.49 bits per heavy atom. The number of benzene rings is 3. The molecule has 3 rings (SSSR count). The normalized spacial score (nSPS) is 10.7. The predicted molar refractivity (Wildman–Crippen MR) is 139 cm³/mol. The fourth-order valence-corrected chi connectivity index (χ4v) is 3.42. The largest absolute Gasteiger partial charge is 0.493 e. The Morgan fingerprint density at radius 1 is 1.11 bits per heavy atom. The molecule has 10 nitrogen and oxygen atoms in total. The van der Waals surface area contributed by atoms with Gasteiger partial charge in [0, 0.05) is 23.5 Å². The fourth-order valence-electron chi connectivity index (χ4n) is 3.15. The predicted octanol–water partition coefficient (Wildman–Crippen LogP) is 5.13. The summed E-state index contributed by atoms with van der Waals surface area (Å²) in [5, 5.41) is 25.7. The first-order valence-electron chi connectivity index (χ1n) is 10.7. The Kier molecular flexibility index (Phi) is 8.81. The van der Waals surface area contributed by atoms with Crippen LogP contribution in [0.5, 0.6) is 11.5 Å². The Hall–Kier alpha value is -4.88. The number of carbonyl (C=O) groups excluding carboxylic acids is 2. The third kappa shape index (κ3) is 7.30. The molecule has 0 bridgehead atoms. The van der Waals surface area contributed by atoms with Crippen molar-refractivity contribution in [1.29, 1.82) is 5.26 Å². The standard InChI is InChI=1S/C26H21ClN4O6/c1-16-6-8-19(9-7-16)29-24(32)15-37-25-22(27)11-17(12-23(25)36-2)10-18(14-28)26(33)30-20-4-3-5-21(13-20)31(34)35/h3-13H,15H2,1-2H3,(H,29,32)(H,30,33)/b18-10+. The van der Waals surface area contributed by atoms with E-state index in [-0.39, 0.29) is 40.1 Å². The monoisotopic (exact) mass is 520 g/mol. The number of halogens is 1. The van der Waals surface area contributed by atoms with Crippen molar-refractivity contribution in [2.75, 3.05) is 24.4 Å². The first-order valence-corrected chi connectivity index (χ1v) is 11.1. The van der Waals surface area contributed by atoms with Gasteiger partial charge in [0.15, 0.2) is 18.1 Å². The molecule has 37 heavy (non-hydrogen) atoms. The van der Waals surface area contributed by atoms with Gasteiger partial charge in [-0.25, -0.2) is 0 Å². The van der Waals surface area contributed by atoms with Crippen molar-refractivity contribution in [3.05, 3.63) is 92.5 Å². The van der Waals surface area contributed by atoms with Crippen LogP contribution in [-0.2, 0) is 9.59 Å². The highest BCUT2D eigenvalue weighted by atomic mass is 35.5. The second kappa shape index (κ2) is 12.2. The van der Waals surface area contributed by atoms with Gasteiger partial charge in [-0.2, -0.15) is 5.26 Å². The molecule has 11 heteroatoms. The average Bonchev–Trinajstić information content (AvgIpc) is 2.87. The molecule has 0 saturated heterocycles. The zero-order valence-electron chi connectivity index (χ0n) is 19.8. The van der Waals surface area contributed by atoms with Crippen LogP contribution in [0, 0.1) is 28.4 Å². The molecule has 0 radical (unpaired) electrons. The molecule has 0 aromatic heterocycles. The highest BCUT2D eigenvalue weighted by Crippen LogP contribution is 2.37. The number of nitrogens with one attached hydrogen (secondary N) is 2. The minimum absolute atomic E-state index is 0.0881. The van der Waals surface area contributed by atoms with E-state index in [1.165, 1.54) is 49.6 Å². The number of anilines is 2. The van der Waals surface area contributed by atoms with E-state index in [0.717, 1.165) is 5.56 Å². The molecule has 188 valence electrons. The maximum Gasteiger partial charge on any atom is 0.271 e. The van der Waals surface area contributed by atoms with E-state index < -0.39 is 16.7 Å². The van der Waals surface area contributed by atoms with Gasteiger partial charge in [0.1, 0.15) is 11.6 Å². The summed E-state index contributed by atoms with van der Waals surface area (Å²) in [7, 11) is 1.37. The molecule has 3 aromatic rings. The molecule has 0 saturated carbocycles. The van der Waals surface area contributed by atoms with Crippen molar-refractivity contribution in [2.45, 2.75) is 6.92 Å². The van der Waals surface area contributed by atoms with Gasteiger partial charge in [-0.1, -0.05) is 35.4 Å². The lowest BCUT2D eigenvalue weighted by atomic mass is 10.1. The fraction of sp³-hybridized carbons (Fsp3) is 0.115. The first kappa shape index (κ1) is 26.7. The molecule has 2 N–H and O–H groups in total. The summed E-state index contributed by atoms with van der Waals surface area (Å²) < 4.78 is 10.9. The quantitative estimate of drug-likeness (QED) is 0.172. The summed E-state index contributed by atoms with van der Waals surface area (Å²) in [6, 6.07) is 17.3. The van der Waals surface area contributed by atoms with Gasteiger partial charge < -0.3 is 20.1 Å². The average molecular weight is 521 g/mol. The number of nitriles is 1. The number of hydrogen-bond donors (Lipinski definition) is 2. The number of hydrogen-bond acceptors (Lipinski definition) is 7. The number of nitro groups is 1. The number of methoxy groups -OCH3 is 1. The third-order valence-corrected chi connectivity index (χ3v) is 5.21. The Morgan fingerprint density at radius 2 is 1.84 bits per heavy atom. The Labute approximate surface area is 217 Å². The number of ether oxygens (including phenoxy) is 2. The van der Waals surface area contributed by atoms with Crippen molar-refractivity contribution in [1.82, 2.24) is 0 Å². The minimum atomic E-state index is -0.772. The molecule has 0 heterocycles. The highest BCUT2D eigenvalue weighted by Gasteiger charge is 2.16. The maximum atomic E-state index is 12.6. The van der Waals surface area contributed by atoms with Crippen LogP contribution >= 0.6 is 11.6 Å². The van der Waals surface area contributed by atoms with E-state index in [2.05, 4.69) is 10.6 Å². The minimum Gasteiger partial charge on any atom is -0.493 e. The lowest BCUT2D eigenvalue weighted by molar-refractivity contribution is -0.384. The molecule has 0 atom stereocenters. The number of nitro benzene ring substituents is 1. The SMILES string of the molecule is COc1cc(/C=C(\C#N)C(=O)Nc2cccc([N+](=O)[O-])c2)cc(Cl)c1OCC(=O)Nc1ccc(C)cc1. The molecule has 3 aromatic carbocycles. The molecule has 0 aliphatic heterocycles. The van der Waals surface area contributed by atoms with Crippen LogP contribution in [0.4, 0.5) is 17.1 Å². The number of nitrogens with zero attached hydrogens (tertiary/aromatic N) is 2. The maximum absolute atomic E-state index is 12.6. The van der Waals surface area contributed by atoms with E-state index in [1.807, 2.05) is 19.1 Å². The molecule has 0 spiro atoms. The van der Waals surface area contributed by atoms with Gasteiger partial charge in [0.05, 0.1) is 17.1 Å². The Bertz CT molecular complexity index is 1410. The number of carbonyl (C=O) groups is 2. The summed E-state index contributed by atoms with van der Waals surface area (Å²) in [5.74, 6) is -0.889. The van der Waals surface area contributed by atoms with Crippen molar-refractivity contribution < 1.29 is 24.0 Å². The van der Waals surface area contributed by atoms with Gasteiger partial charge in [-0.3, -0.25) is 19.7 Å². The van der Waals surface area contributed by atoms with Crippen LogP contribution < -0.4 is 20.1 Å². The van der Waals surface area contributed by atoms with Crippen LogP contribution in [0.15, 0.2) is 66.2 Å². The summed E-state index contributed by atoms with van der Waals surface area (Å²) in [5.41, 5.74) is 1.69. The van der Waals surface area contributed by atoms with Crippen LogP contribution in [0.25, 0.3) is 6.08 Å². The van der Waals surface area contributed by atoms with Crippen LogP contribution in [0.1, 0.15) is 11.1 Å². The highest BCUT2D eigenvalue weighted by molar-refractivity contribution is 6.32. The van der Waals surface area contributed by atoms with E-state index in [0.29, 0.717) is 11.3 Å². The molecular formula is C26H21ClN4O6. The topological polar surface area (TPSA) is 144 Å². The molecule has 0 aliphatic carbocycles. The second-order valence-electron chi connectivity index (χ2n) is 7.67. The second-order valence-corrected chi connectivity index (χ2v) is 8.08. The molecule has 2 amide bonds. The van der Waals surface area contributed by atoms with Crippen LogP contribution in [0.2, 0.25) is 5.02 Å². The van der Waals surface area contributed by atoms with Crippen LogP contribution in [0.3, 0.4) is 0 Å². The number of non-ortho nitro benzene ring substituents is 1. The van der Waals surface area contributed by atoms with E-state index in [4.69, 9.17) is 21.1 Å². The third-order valence-electron chi connectivity index (χ3n) is 4.93. The lowest BCUT2D eigenvalue weighted by Crippen LogP contribution is -2.20. The van der Waals surface area contributed by atoms with Crippen LogP contribution in [-0.4, -0.2) is 30.5 Å². The number of aryl methyl sites for hydroxylation is 1. The molecular weight excluding hydrogens is 500 g/mol. The van der Waals surface area contributed by atoms with E-state index in [1.54, 1.807) is 18.2 Å². The van der Waals surface area contributed by atoms with Gasteiger partial charge in [0.25, 0.3) is 17.5 Å². The van der Waals surface area contributed by atoms with E-state index >= 15 is 0 Å². The molecule has 0 fully saturated rings. The van der Waals surface area contributed by atoms with Crippen molar-refractivity contribution in [3.63, 3.8) is 0 Å². The summed E-state index contributed by atoms with van der Waals surface area (Å²) in [4.78, 5) is 35.2. The molecule has 0 unspecified atom stereocenters. The summed E-state index contributed by atoms with van der Waals surface area (Å²) in [6.07, 6.45) is 1.27. The van der Waals surface area contributed by atoms with Crippen molar-refractivity contribution in [2.24, 2.45) is 0 Å². The van der Waals surface area contributed by atoms with E-state index in [9.17, 15) is 25.0 Å². The van der Waals surface area contributed by atoms with Gasteiger partial charge in [-0.15, -0.1) is 0 Å². The van der Waals surface area contributed by atoms with Crippen molar-refractivity contribution in [3.8, 4) is 17.6 Å². The van der Waals surface area contributed by atoms with Gasteiger partial charge in [0.2, 0.25) is 0 Å². The zero-order valence-corrected chi connectivity index (χ0v) is 20.5. The lowest BCUT2D eigenvalue weighted by Gasteiger charge is -2.13. The number of amides is 2. The zero-order chi connectivity index (χ0) is 26.9. The smallest absolute Gasteiger partial charge is 0.271 e. The van der Waals surface area contributed by atoms with Crippen molar-refractivity contribution >= 4 is 46.6 Å². The summed E-state index contributed by atoms with van der Waals surface area (Å²) in [6.45, 7) is 1.60. The van der Waals surface area contributed by atoms with Gasteiger partial charge >= 0.3 is 0 Å². The summed E-state index contributed by atoms with van der Waals surface area (Å²) >= 11 is 6.34. The Balaban J connectivity index is 1.74. The van der Waals surface area contributed by atoms with Gasteiger partial charge in [-0.05, 0) is 48.9 Å².